The van der Waals surface area contributed by atoms with Crippen LogP contribution < -0.4 is 0 Å². The van der Waals surface area contributed by atoms with Crippen molar-refractivity contribution in [2.45, 2.75) is 64.3 Å². The fourth-order valence-corrected chi connectivity index (χ4v) is 4.95. The lowest BCUT2D eigenvalue weighted by molar-refractivity contribution is -0.134. The van der Waals surface area contributed by atoms with Gasteiger partial charge >= 0.3 is 5.97 Å². The topological polar surface area (TPSA) is 51.9 Å². The standard InChI is InChI=1S/C26H37NO4Si/c1-26(2,3)32(5,6)31-17-15-27(19-22-8-7-16-30-22)24-13-11-21-18-20(9-12-23(21)24)10-14-25(28)29-4/h7-10,12,14,16,18,24H,11,13,15,17,19H2,1-6H3. The van der Waals surface area contributed by atoms with Crippen LogP contribution >= 0.6 is 0 Å². The highest BCUT2D eigenvalue weighted by atomic mass is 28.4. The van der Waals surface area contributed by atoms with E-state index in [0.29, 0.717) is 6.04 Å². The number of hydrogen-bond donors (Lipinski definition) is 0. The van der Waals surface area contributed by atoms with Crippen LogP contribution in [-0.4, -0.2) is 39.4 Å². The van der Waals surface area contributed by atoms with Gasteiger partial charge in [0.15, 0.2) is 8.32 Å². The van der Waals surface area contributed by atoms with Crippen molar-refractivity contribution in [2.75, 3.05) is 20.3 Å². The lowest BCUT2D eigenvalue weighted by atomic mass is 10.0. The van der Waals surface area contributed by atoms with Gasteiger partial charge in [-0.25, -0.2) is 4.79 Å². The zero-order valence-electron chi connectivity index (χ0n) is 20.3. The molecule has 0 spiro atoms. The summed E-state index contributed by atoms with van der Waals surface area (Å²) in [5, 5.41) is 0.201. The lowest BCUT2D eigenvalue weighted by Crippen LogP contribution is -2.43. The van der Waals surface area contributed by atoms with Crippen molar-refractivity contribution >= 4 is 20.4 Å². The van der Waals surface area contributed by atoms with Crippen molar-refractivity contribution in [3.8, 4) is 0 Å². The number of hydrogen-bond acceptors (Lipinski definition) is 5. The lowest BCUT2D eigenvalue weighted by Gasteiger charge is -2.37. The second-order valence-corrected chi connectivity index (χ2v) is 14.8. The summed E-state index contributed by atoms with van der Waals surface area (Å²) in [5.41, 5.74) is 3.73. The monoisotopic (exact) mass is 455 g/mol. The summed E-state index contributed by atoms with van der Waals surface area (Å²) in [6.45, 7) is 13.8. The van der Waals surface area contributed by atoms with Crippen molar-refractivity contribution in [1.82, 2.24) is 4.90 Å². The predicted octanol–water partition coefficient (Wildman–Crippen LogP) is 5.98. The number of furan rings is 1. The number of fused-ring (bicyclic) bond motifs is 1. The minimum atomic E-state index is -1.79. The number of aryl methyl sites for hydroxylation is 1. The van der Waals surface area contributed by atoms with Gasteiger partial charge in [-0.15, -0.1) is 0 Å². The van der Waals surface area contributed by atoms with Gasteiger partial charge in [-0.1, -0.05) is 39.0 Å². The molecule has 0 amide bonds. The molecule has 1 aliphatic rings. The van der Waals surface area contributed by atoms with Crippen LogP contribution in [0.4, 0.5) is 0 Å². The maximum Gasteiger partial charge on any atom is 0.330 e. The van der Waals surface area contributed by atoms with E-state index < -0.39 is 8.32 Å². The first-order valence-corrected chi connectivity index (χ1v) is 14.3. The number of benzene rings is 1. The van der Waals surface area contributed by atoms with Crippen LogP contribution in [0.3, 0.4) is 0 Å². The molecule has 1 aromatic heterocycles. The van der Waals surface area contributed by atoms with E-state index >= 15 is 0 Å². The summed E-state index contributed by atoms with van der Waals surface area (Å²) in [4.78, 5) is 13.9. The first-order valence-electron chi connectivity index (χ1n) is 11.4. The number of nitrogens with zero attached hydrogens (tertiary/aromatic N) is 1. The summed E-state index contributed by atoms with van der Waals surface area (Å²) in [7, 11) is -0.395. The molecule has 0 fully saturated rings. The van der Waals surface area contributed by atoms with Crippen LogP contribution in [-0.2, 0) is 26.9 Å². The van der Waals surface area contributed by atoms with Crippen LogP contribution in [0.15, 0.2) is 47.1 Å². The van der Waals surface area contributed by atoms with E-state index in [1.54, 1.807) is 6.26 Å². The molecule has 1 aromatic carbocycles. The Bertz CT molecular complexity index is 928. The molecule has 174 valence electrons. The van der Waals surface area contributed by atoms with Gasteiger partial charge in [0.2, 0.25) is 0 Å². The molecular formula is C26H37NO4Si. The fourth-order valence-electron chi connectivity index (χ4n) is 3.91. The number of rotatable bonds is 9. The van der Waals surface area contributed by atoms with E-state index in [2.05, 4.69) is 57.0 Å². The highest BCUT2D eigenvalue weighted by Gasteiger charge is 2.37. The maximum atomic E-state index is 11.4. The quantitative estimate of drug-likeness (QED) is 0.265. The van der Waals surface area contributed by atoms with Crippen molar-refractivity contribution in [2.24, 2.45) is 0 Å². The van der Waals surface area contributed by atoms with Crippen molar-refractivity contribution < 1.29 is 18.4 Å². The second kappa shape index (κ2) is 10.2. The summed E-state index contributed by atoms with van der Waals surface area (Å²) in [6, 6.07) is 10.8. The van der Waals surface area contributed by atoms with E-state index in [-0.39, 0.29) is 11.0 Å². The molecule has 0 bridgehead atoms. The Morgan fingerprint density at radius 1 is 1.28 bits per heavy atom. The molecule has 0 radical (unpaired) electrons. The third-order valence-electron chi connectivity index (χ3n) is 6.85. The number of ether oxygens (including phenoxy) is 1. The van der Waals surface area contributed by atoms with Gasteiger partial charge in [-0.3, -0.25) is 4.90 Å². The van der Waals surface area contributed by atoms with Crippen molar-refractivity contribution in [3.63, 3.8) is 0 Å². The van der Waals surface area contributed by atoms with Gasteiger partial charge in [-0.2, -0.15) is 0 Å². The molecule has 3 rings (SSSR count). The first-order chi connectivity index (χ1) is 15.1. The second-order valence-electron chi connectivity index (χ2n) is 10.0. The van der Waals surface area contributed by atoms with E-state index in [1.807, 2.05) is 18.2 Å². The van der Waals surface area contributed by atoms with E-state index in [0.717, 1.165) is 43.9 Å². The van der Waals surface area contributed by atoms with Gasteiger partial charge in [0, 0.05) is 25.3 Å². The van der Waals surface area contributed by atoms with Gasteiger partial charge in [0.25, 0.3) is 0 Å². The molecule has 32 heavy (non-hydrogen) atoms. The van der Waals surface area contributed by atoms with E-state index in [9.17, 15) is 4.79 Å². The Kier molecular flexibility index (Phi) is 7.80. The molecular weight excluding hydrogens is 418 g/mol. The zero-order valence-corrected chi connectivity index (χ0v) is 21.3. The smallest absolute Gasteiger partial charge is 0.330 e. The Balaban J connectivity index is 1.75. The SMILES string of the molecule is COC(=O)C=Cc1ccc2c(c1)CCC2N(CCO[Si](C)(C)C(C)(C)C)Cc1ccco1. The summed E-state index contributed by atoms with van der Waals surface area (Å²) in [5.74, 6) is 0.637. The van der Waals surface area contributed by atoms with Gasteiger partial charge < -0.3 is 13.6 Å². The summed E-state index contributed by atoms with van der Waals surface area (Å²) >= 11 is 0. The minimum absolute atomic E-state index is 0.201. The van der Waals surface area contributed by atoms with E-state index in [1.165, 1.54) is 24.3 Å². The largest absolute Gasteiger partial charge is 0.468 e. The Hall–Kier alpha value is -2.15. The Morgan fingerprint density at radius 2 is 2.06 bits per heavy atom. The van der Waals surface area contributed by atoms with Crippen LogP contribution in [0, 0.1) is 0 Å². The maximum absolute atomic E-state index is 11.4. The Labute approximate surface area is 193 Å². The molecule has 6 heteroatoms. The minimum Gasteiger partial charge on any atom is -0.468 e. The third-order valence-corrected chi connectivity index (χ3v) is 11.4. The number of carbonyl (C=O) groups excluding carboxylic acids is 1. The van der Waals surface area contributed by atoms with Crippen LogP contribution in [0.25, 0.3) is 6.08 Å². The number of methoxy groups -OCH3 is 1. The average Bonchev–Trinajstić information content (AvgIpc) is 3.39. The van der Waals surface area contributed by atoms with Crippen LogP contribution in [0.5, 0.6) is 0 Å². The number of carbonyl (C=O) groups is 1. The van der Waals surface area contributed by atoms with Crippen LogP contribution in [0.1, 0.15) is 55.7 Å². The average molecular weight is 456 g/mol. The van der Waals surface area contributed by atoms with Gasteiger partial charge in [0.1, 0.15) is 5.76 Å². The molecule has 2 aromatic rings. The fraction of sp³-hybridized carbons (Fsp3) is 0.500. The van der Waals surface area contributed by atoms with Crippen molar-refractivity contribution in [1.29, 1.82) is 0 Å². The highest BCUT2D eigenvalue weighted by Crippen LogP contribution is 2.39. The normalized spacial score (nSPS) is 16.7. The highest BCUT2D eigenvalue weighted by molar-refractivity contribution is 6.74. The molecule has 5 nitrogen and oxygen atoms in total. The summed E-state index contributed by atoms with van der Waals surface area (Å²) < 4.78 is 16.9. The van der Waals surface area contributed by atoms with E-state index in [4.69, 9.17) is 13.6 Å². The predicted molar refractivity (Wildman–Crippen MR) is 131 cm³/mol. The molecule has 1 aliphatic carbocycles. The van der Waals surface area contributed by atoms with Gasteiger partial charge in [-0.05, 0) is 65.9 Å². The molecule has 0 saturated heterocycles. The van der Waals surface area contributed by atoms with Crippen molar-refractivity contribution in [3.05, 3.63) is 65.1 Å². The molecule has 1 unspecified atom stereocenters. The molecule has 0 aliphatic heterocycles. The van der Waals surface area contributed by atoms with Gasteiger partial charge in [0.05, 0.1) is 19.9 Å². The summed E-state index contributed by atoms with van der Waals surface area (Å²) in [6.07, 6.45) is 7.11. The zero-order chi connectivity index (χ0) is 23.4. The molecule has 0 N–H and O–H groups in total. The number of esters is 1. The molecule has 0 saturated carbocycles. The Morgan fingerprint density at radius 3 is 2.72 bits per heavy atom. The molecule has 1 heterocycles. The first kappa shape index (κ1) is 24.5. The molecule has 1 atom stereocenters. The third kappa shape index (κ3) is 6.00. The van der Waals surface area contributed by atoms with Crippen LogP contribution in [0.2, 0.25) is 18.1 Å².